The molecule has 0 fully saturated rings. The maximum atomic E-state index is 9.86. The summed E-state index contributed by atoms with van der Waals surface area (Å²) in [5, 5.41) is 20.3. The average molecular weight is 320 g/mol. The summed E-state index contributed by atoms with van der Waals surface area (Å²) < 4.78 is 1.09. The van der Waals surface area contributed by atoms with Crippen LogP contribution in [0, 0.1) is 6.92 Å². The van der Waals surface area contributed by atoms with E-state index in [-0.39, 0.29) is 5.75 Å². The number of benzene rings is 2. The zero-order chi connectivity index (χ0) is 15.8. The van der Waals surface area contributed by atoms with Crippen LogP contribution in [0.1, 0.15) is 5.01 Å². The van der Waals surface area contributed by atoms with E-state index < -0.39 is 0 Å². The molecule has 5 nitrogen and oxygen atoms in total. The smallest absolute Gasteiger partial charge is 0.141 e. The summed E-state index contributed by atoms with van der Waals surface area (Å²) in [7, 11) is 0. The number of phenols is 1. The van der Waals surface area contributed by atoms with Gasteiger partial charge in [0.2, 0.25) is 0 Å². The van der Waals surface area contributed by atoms with Crippen molar-refractivity contribution in [1.29, 1.82) is 0 Å². The molecular weight excluding hydrogens is 308 g/mol. The van der Waals surface area contributed by atoms with Crippen LogP contribution in [0.15, 0.2) is 58.9 Å². The zero-order valence-electron chi connectivity index (χ0n) is 12.3. The van der Waals surface area contributed by atoms with Crippen molar-refractivity contribution in [3.63, 3.8) is 0 Å². The van der Waals surface area contributed by atoms with E-state index in [9.17, 15) is 5.11 Å². The molecule has 1 N–H and O–H groups in total. The molecule has 0 atom stereocenters. The Labute approximate surface area is 136 Å². The molecule has 0 saturated carbocycles. The number of thiazole rings is 1. The number of fused-ring (bicyclic) bond motifs is 2. The lowest BCUT2D eigenvalue weighted by Crippen LogP contribution is -1.79. The predicted octanol–water partition coefficient (Wildman–Crippen LogP) is 5.27. The highest BCUT2D eigenvalue weighted by Gasteiger charge is 2.06. The first-order valence-electron chi connectivity index (χ1n) is 7.06. The van der Waals surface area contributed by atoms with Crippen LogP contribution in [0.3, 0.4) is 0 Å². The molecule has 2 aromatic carbocycles. The number of hydrogen-bond donors (Lipinski definition) is 1. The van der Waals surface area contributed by atoms with E-state index in [1.165, 1.54) is 0 Å². The second-order valence-corrected chi connectivity index (χ2v) is 6.32. The van der Waals surface area contributed by atoms with Crippen LogP contribution < -0.4 is 0 Å². The lowest BCUT2D eigenvalue weighted by Gasteiger charge is -2.02. The van der Waals surface area contributed by atoms with Gasteiger partial charge in [0.25, 0.3) is 0 Å². The van der Waals surface area contributed by atoms with Gasteiger partial charge in [0, 0.05) is 11.6 Å². The topological polar surface area (TPSA) is 70.7 Å². The van der Waals surface area contributed by atoms with E-state index in [2.05, 4.69) is 20.2 Å². The molecule has 0 aliphatic rings. The highest BCUT2D eigenvalue weighted by Crippen LogP contribution is 2.32. The molecular formula is C17H12N4OS. The molecule has 0 aliphatic carbocycles. The fourth-order valence-corrected chi connectivity index (χ4v) is 3.29. The van der Waals surface area contributed by atoms with Gasteiger partial charge in [-0.25, -0.2) is 4.98 Å². The molecule has 0 radical (unpaired) electrons. The van der Waals surface area contributed by atoms with E-state index in [0.29, 0.717) is 11.2 Å². The summed E-state index contributed by atoms with van der Waals surface area (Å²) in [6.07, 6.45) is 1.64. The Balaban J connectivity index is 1.76. The molecule has 6 heteroatoms. The molecule has 0 aliphatic heterocycles. The van der Waals surface area contributed by atoms with Gasteiger partial charge in [0.05, 0.1) is 26.6 Å². The molecule has 0 bridgehead atoms. The number of aryl methyl sites for hydroxylation is 1. The van der Waals surface area contributed by atoms with Crippen LogP contribution in [0.2, 0.25) is 0 Å². The maximum Gasteiger partial charge on any atom is 0.141 e. The SMILES string of the molecule is Cc1nc2ccc(N=Nc3ccc(O)c4ncccc34)cc2s1. The van der Waals surface area contributed by atoms with Crippen molar-refractivity contribution < 1.29 is 5.11 Å². The third-order valence-corrected chi connectivity index (χ3v) is 4.41. The minimum absolute atomic E-state index is 0.140. The molecule has 0 saturated heterocycles. The van der Waals surface area contributed by atoms with Crippen molar-refractivity contribution in [3.05, 3.63) is 53.7 Å². The summed E-state index contributed by atoms with van der Waals surface area (Å²) in [6, 6.07) is 12.8. The van der Waals surface area contributed by atoms with Crippen molar-refractivity contribution >= 4 is 43.8 Å². The Kier molecular flexibility index (Phi) is 3.24. The van der Waals surface area contributed by atoms with Crippen molar-refractivity contribution in [2.75, 3.05) is 0 Å². The van der Waals surface area contributed by atoms with Gasteiger partial charge < -0.3 is 5.11 Å². The van der Waals surface area contributed by atoms with Crippen molar-refractivity contribution in [1.82, 2.24) is 9.97 Å². The van der Waals surface area contributed by atoms with E-state index in [1.807, 2.05) is 37.3 Å². The lowest BCUT2D eigenvalue weighted by molar-refractivity contribution is 0.480. The number of aromatic hydroxyl groups is 1. The van der Waals surface area contributed by atoms with Gasteiger partial charge in [-0.15, -0.1) is 16.5 Å². The number of rotatable bonds is 2. The molecule has 2 aromatic heterocycles. The fraction of sp³-hybridized carbons (Fsp3) is 0.0588. The third kappa shape index (κ3) is 2.53. The van der Waals surface area contributed by atoms with E-state index in [1.54, 1.807) is 29.7 Å². The van der Waals surface area contributed by atoms with Gasteiger partial charge in [-0.2, -0.15) is 5.11 Å². The van der Waals surface area contributed by atoms with Gasteiger partial charge in [-0.05, 0) is 49.4 Å². The normalized spacial score (nSPS) is 11.7. The van der Waals surface area contributed by atoms with Crippen molar-refractivity contribution in [2.24, 2.45) is 10.2 Å². The standard InChI is InChI=1S/C17H12N4OS/c1-10-19-14-5-4-11(9-16(14)23-10)20-21-13-6-7-15(22)17-12(13)3-2-8-18-17/h2-9,22H,1H3. The van der Waals surface area contributed by atoms with Crippen molar-refractivity contribution in [3.8, 4) is 5.75 Å². The minimum atomic E-state index is 0.140. The minimum Gasteiger partial charge on any atom is -0.506 e. The number of phenolic OH excluding ortho intramolecular Hbond substituents is 1. The summed E-state index contributed by atoms with van der Waals surface area (Å²) in [4.78, 5) is 8.62. The van der Waals surface area contributed by atoms with Gasteiger partial charge in [0.15, 0.2) is 0 Å². The molecule has 112 valence electrons. The van der Waals surface area contributed by atoms with Crippen LogP contribution in [0.25, 0.3) is 21.1 Å². The molecule has 2 heterocycles. The lowest BCUT2D eigenvalue weighted by atomic mass is 10.2. The van der Waals surface area contributed by atoms with Crippen LogP contribution in [0.4, 0.5) is 11.4 Å². The highest BCUT2D eigenvalue weighted by molar-refractivity contribution is 7.18. The molecule has 23 heavy (non-hydrogen) atoms. The van der Waals surface area contributed by atoms with Crippen molar-refractivity contribution in [2.45, 2.75) is 6.92 Å². The first kappa shape index (κ1) is 13.8. The number of azo groups is 1. The van der Waals surface area contributed by atoms with Crippen LogP contribution >= 0.6 is 11.3 Å². The summed E-state index contributed by atoms with van der Waals surface area (Å²) in [5.74, 6) is 0.140. The average Bonchev–Trinajstić information content (AvgIpc) is 2.94. The summed E-state index contributed by atoms with van der Waals surface area (Å²) in [6.45, 7) is 1.99. The number of hydrogen-bond acceptors (Lipinski definition) is 6. The molecule has 4 aromatic rings. The second kappa shape index (κ2) is 5.40. The summed E-state index contributed by atoms with van der Waals surface area (Å²) in [5.41, 5.74) is 2.95. The Morgan fingerprint density at radius 3 is 2.91 bits per heavy atom. The number of pyridine rings is 1. The van der Waals surface area contributed by atoms with E-state index in [4.69, 9.17) is 0 Å². The van der Waals surface area contributed by atoms with E-state index >= 15 is 0 Å². The first-order chi connectivity index (χ1) is 11.2. The Hall–Kier alpha value is -2.86. The van der Waals surface area contributed by atoms with Crippen LogP contribution in [-0.4, -0.2) is 15.1 Å². The Morgan fingerprint density at radius 1 is 1.09 bits per heavy atom. The maximum absolute atomic E-state index is 9.86. The molecule has 4 rings (SSSR count). The van der Waals surface area contributed by atoms with Crippen LogP contribution in [-0.2, 0) is 0 Å². The number of aromatic nitrogens is 2. The molecule has 0 unspecified atom stereocenters. The predicted molar refractivity (Wildman–Crippen MR) is 91.9 cm³/mol. The second-order valence-electron chi connectivity index (χ2n) is 5.09. The van der Waals surface area contributed by atoms with Crippen LogP contribution in [0.5, 0.6) is 5.75 Å². The third-order valence-electron chi connectivity index (χ3n) is 3.48. The Morgan fingerprint density at radius 2 is 2.00 bits per heavy atom. The molecule has 0 spiro atoms. The fourth-order valence-electron chi connectivity index (χ4n) is 2.43. The highest BCUT2D eigenvalue weighted by atomic mass is 32.1. The quantitative estimate of drug-likeness (QED) is 0.511. The van der Waals surface area contributed by atoms with Gasteiger partial charge >= 0.3 is 0 Å². The molecule has 0 amide bonds. The Bertz CT molecular complexity index is 1060. The van der Waals surface area contributed by atoms with Gasteiger partial charge in [-0.3, -0.25) is 4.98 Å². The van der Waals surface area contributed by atoms with Gasteiger partial charge in [-0.1, -0.05) is 0 Å². The first-order valence-corrected chi connectivity index (χ1v) is 7.88. The number of nitrogens with zero attached hydrogens (tertiary/aromatic N) is 4. The van der Waals surface area contributed by atoms with E-state index in [0.717, 1.165) is 26.3 Å². The largest absolute Gasteiger partial charge is 0.506 e. The van der Waals surface area contributed by atoms with Gasteiger partial charge in [0.1, 0.15) is 11.3 Å². The zero-order valence-corrected chi connectivity index (χ0v) is 13.1. The summed E-state index contributed by atoms with van der Waals surface area (Å²) >= 11 is 1.64. The monoisotopic (exact) mass is 320 g/mol.